The largest absolute Gasteiger partial charge is 0.477 e. The average Bonchev–Trinajstić information content (AvgIpc) is 3.04. The number of carboxylic acid groups (broad SMARTS) is 1. The van der Waals surface area contributed by atoms with Gasteiger partial charge in [-0.15, -0.1) is 11.3 Å². The predicted octanol–water partition coefficient (Wildman–Crippen LogP) is 3.39. The van der Waals surface area contributed by atoms with E-state index in [1.165, 1.54) is 0 Å². The van der Waals surface area contributed by atoms with E-state index < -0.39 is 21.7 Å². The Kier molecular flexibility index (Phi) is 6.54. The molecule has 9 nitrogen and oxygen atoms in total. The molecule has 3 N–H and O–H groups in total. The van der Waals surface area contributed by atoms with Crippen molar-refractivity contribution in [2.45, 2.75) is 26.2 Å². The van der Waals surface area contributed by atoms with Gasteiger partial charge < -0.3 is 14.8 Å². The van der Waals surface area contributed by atoms with Crippen molar-refractivity contribution >= 4 is 44.1 Å². The molecule has 0 bridgehead atoms. The zero-order valence-electron chi connectivity index (χ0n) is 16.0. The number of nitrogens with one attached hydrogen (secondary N) is 1. The zero-order chi connectivity index (χ0) is 21.9. The summed E-state index contributed by atoms with van der Waals surface area (Å²) >= 11 is 0.929. The lowest BCUT2D eigenvalue weighted by atomic mass is 10.1. The van der Waals surface area contributed by atoms with Crippen LogP contribution in [0.3, 0.4) is 0 Å². The van der Waals surface area contributed by atoms with E-state index in [0.717, 1.165) is 17.0 Å². The van der Waals surface area contributed by atoms with Crippen LogP contribution in [0.2, 0.25) is 0 Å². The second-order valence-corrected chi connectivity index (χ2v) is 9.28. The molecular formula is C19H20N2O7S2. The Labute approximate surface area is 176 Å². The van der Waals surface area contributed by atoms with Crippen molar-refractivity contribution in [3.8, 4) is 10.6 Å². The fraction of sp³-hybridized carbons (Fsp3) is 0.316. The van der Waals surface area contributed by atoms with Gasteiger partial charge in [0.25, 0.3) is 10.1 Å². The molecule has 2 aromatic heterocycles. The summed E-state index contributed by atoms with van der Waals surface area (Å²) in [5.41, 5.74) is 1.08. The number of hydrogen-bond donors (Lipinski definition) is 3. The lowest BCUT2D eigenvalue weighted by Gasteiger charge is -2.07. The van der Waals surface area contributed by atoms with Gasteiger partial charge in [0, 0.05) is 23.7 Å². The van der Waals surface area contributed by atoms with Crippen LogP contribution in [0.5, 0.6) is 0 Å². The smallest absolute Gasteiger partial charge is 0.347 e. The Bertz CT molecular complexity index is 1250. The summed E-state index contributed by atoms with van der Waals surface area (Å²) in [6.45, 7) is 2.17. The molecule has 0 aliphatic carbocycles. The quantitative estimate of drug-likeness (QED) is 0.252. The third kappa shape index (κ3) is 5.43. The Hall–Kier alpha value is -2.76. The van der Waals surface area contributed by atoms with Crippen LogP contribution in [0.1, 0.15) is 34.6 Å². The summed E-state index contributed by atoms with van der Waals surface area (Å²) in [5.74, 6) is -1.33. The highest BCUT2D eigenvalue weighted by molar-refractivity contribution is 7.85. The van der Waals surface area contributed by atoms with Crippen molar-refractivity contribution in [2.75, 3.05) is 17.6 Å². The maximum Gasteiger partial charge on any atom is 0.347 e. The molecule has 0 aliphatic heterocycles. The summed E-state index contributed by atoms with van der Waals surface area (Å²) in [4.78, 5) is 27.9. The Morgan fingerprint density at radius 3 is 2.67 bits per heavy atom. The van der Waals surface area contributed by atoms with E-state index in [-0.39, 0.29) is 16.2 Å². The maximum atomic E-state index is 12.4. The van der Waals surface area contributed by atoms with Crippen LogP contribution in [0.4, 0.5) is 5.69 Å². The number of aromatic carboxylic acids is 1. The summed E-state index contributed by atoms with van der Waals surface area (Å²) in [7, 11) is -3.92. The van der Waals surface area contributed by atoms with E-state index in [1.54, 1.807) is 25.1 Å². The highest BCUT2D eigenvalue weighted by Gasteiger charge is 2.18. The molecule has 2 heterocycles. The van der Waals surface area contributed by atoms with Gasteiger partial charge in [-0.2, -0.15) is 8.42 Å². The molecule has 3 rings (SSSR count). The van der Waals surface area contributed by atoms with Crippen LogP contribution in [0, 0.1) is 6.92 Å². The van der Waals surface area contributed by atoms with Crippen molar-refractivity contribution in [1.82, 2.24) is 4.98 Å². The van der Waals surface area contributed by atoms with Gasteiger partial charge in [-0.05, 0) is 38.0 Å². The van der Waals surface area contributed by atoms with E-state index in [2.05, 4.69) is 10.3 Å². The van der Waals surface area contributed by atoms with Gasteiger partial charge in [0.05, 0.1) is 17.0 Å². The molecule has 0 radical (unpaired) electrons. The van der Waals surface area contributed by atoms with Crippen LogP contribution < -0.4 is 10.9 Å². The number of rotatable bonds is 9. The maximum absolute atomic E-state index is 12.4. The molecule has 0 saturated carbocycles. The first kappa shape index (κ1) is 21.9. The average molecular weight is 453 g/mol. The summed E-state index contributed by atoms with van der Waals surface area (Å²) in [6, 6.07) is 6.92. The molecular weight excluding hydrogens is 432 g/mol. The molecule has 30 heavy (non-hydrogen) atoms. The third-order valence-corrected chi connectivity index (χ3v) is 6.35. The molecule has 0 fully saturated rings. The fourth-order valence-corrected chi connectivity index (χ4v) is 4.38. The highest BCUT2D eigenvalue weighted by Crippen LogP contribution is 2.28. The minimum atomic E-state index is -3.92. The van der Waals surface area contributed by atoms with Gasteiger partial charge in [0.15, 0.2) is 0 Å². The van der Waals surface area contributed by atoms with Gasteiger partial charge in [-0.25, -0.2) is 14.6 Å². The van der Waals surface area contributed by atoms with E-state index in [4.69, 9.17) is 8.97 Å². The third-order valence-electron chi connectivity index (χ3n) is 4.37. The molecule has 0 aliphatic rings. The molecule has 11 heteroatoms. The van der Waals surface area contributed by atoms with Crippen LogP contribution in [-0.4, -0.2) is 41.3 Å². The lowest BCUT2D eigenvalue weighted by Crippen LogP contribution is -2.06. The van der Waals surface area contributed by atoms with Gasteiger partial charge >= 0.3 is 11.6 Å². The van der Waals surface area contributed by atoms with Crippen LogP contribution in [0.25, 0.3) is 21.5 Å². The van der Waals surface area contributed by atoms with Gasteiger partial charge in [-0.1, -0.05) is 6.42 Å². The van der Waals surface area contributed by atoms with E-state index in [0.29, 0.717) is 47.5 Å². The van der Waals surface area contributed by atoms with Crippen molar-refractivity contribution in [3.63, 3.8) is 0 Å². The minimum absolute atomic E-state index is 0.0839. The zero-order valence-corrected chi connectivity index (χ0v) is 17.7. The monoisotopic (exact) mass is 452 g/mol. The second kappa shape index (κ2) is 8.94. The molecule has 0 amide bonds. The molecule has 1 aromatic carbocycles. The van der Waals surface area contributed by atoms with Crippen molar-refractivity contribution < 1.29 is 27.3 Å². The predicted molar refractivity (Wildman–Crippen MR) is 114 cm³/mol. The first-order valence-electron chi connectivity index (χ1n) is 9.12. The van der Waals surface area contributed by atoms with Crippen molar-refractivity contribution in [2.24, 2.45) is 0 Å². The Balaban J connectivity index is 1.71. The van der Waals surface area contributed by atoms with Crippen LogP contribution in [-0.2, 0) is 10.1 Å². The minimum Gasteiger partial charge on any atom is -0.477 e. The van der Waals surface area contributed by atoms with Crippen molar-refractivity contribution in [3.05, 3.63) is 45.3 Å². The second-order valence-electron chi connectivity index (χ2n) is 6.71. The molecule has 0 unspecified atom stereocenters. The number of aryl methyl sites for hydroxylation is 1. The highest BCUT2D eigenvalue weighted by atomic mass is 32.2. The normalized spacial score (nSPS) is 11.7. The van der Waals surface area contributed by atoms with E-state index >= 15 is 0 Å². The Morgan fingerprint density at radius 1 is 1.23 bits per heavy atom. The summed E-state index contributed by atoms with van der Waals surface area (Å²) in [5, 5.41) is 13.3. The Morgan fingerprint density at radius 2 is 2.00 bits per heavy atom. The number of hydrogen-bond acceptors (Lipinski definition) is 8. The summed E-state index contributed by atoms with van der Waals surface area (Å²) < 4.78 is 35.5. The van der Waals surface area contributed by atoms with Crippen LogP contribution in [0.15, 0.2) is 33.5 Å². The number of benzene rings is 1. The molecule has 0 spiro atoms. The van der Waals surface area contributed by atoms with Crippen LogP contribution >= 0.6 is 11.3 Å². The van der Waals surface area contributed by atoms with Gasteiger partial charge in [0.2, 0.25) is 0 Å². The number of aromatic nitrogens is 1. The number of nitrogens with zero attached hydrogens (tertiary/aromatic N) is 1. The molecule has 3 aromatic rings. The first-order valence-corrected chi connectivity index (χ1v) is 11.5. The molecule has 0 atom stereocenters. The molecule has 160 valence electrons. The topological polar surface area (TPSA) is 147 Å². The van der Waals surface area contributed by atoms with E-state index in [1.807, 2.05) is 6.07 Å². The number of carbonyl (C=O) groups is 1. The number of anilines is 1. The summed E-state index contributed by atoms with van der Waals surface area (Å²) in [6.07, 6.45) is 1.74. The number of unbranched alkanes of at least 4 members (excludes halogenated alkanes) is 2. The fourth-order valence-electron chi connectivity index (χ4n) is 2.90. The number of carboxylic acids is 1. The van der Waals surface area contributed by atoms with Crippen molar-refractivity contribution in [1.29, 1.82) is 0 Å². The van der Waals surface area contributed by atoms with Gasteiger partial charge in [0.1, 0.15) is 15.5 Å². The SMILES string of the molecule is Cc1nc(-c2cc3ccc(NCCCCCS(=O)(=O)O)cc3oc2=O)sc1C(=O)O. The first-order chi connectivity index (χ1) is 14.1. The molecule has 0 saturated heterocycles. The lowest BCUT2D eigenvalue weighted by molar-refractivity contribution is 0.0701. The van der Waals surface area contributed by atoms with E-state index in [9.17, 15) is 23.1 Å². The number of fused-ring (bicyclic) bond motifs is 1. The van der Waals surface area contributed by atoms with Gasteiger partial charge in [-0.3, -0.25) is 4.55 Å². The standard InChI is InChI=1S/C19H20N2O7S2/c1-11-16(18(22)23)29-17(21-11)14-9-12-5-6-13(10-15(12)28-19(14)24)20-7-3-2-4-8-30(25,26)27/h5-6,9-10,20H,2-4,7-8H2,1H3,(H,22,23)(H,25,26,27). The number of thiazole rings is 1.